The summed E-state index contributed by atoms with van der Waals surface area (Å²) in [5.41, 5.74) is 2.50. The maximum absolute atomic E-state index is 14.8. The molecule has 2 atom stereocenters. The highest BCUT2D eigenvalue weighted by Gasteiger charge is 2.42. The molecule has 4 nitrogen and oxygen atoms in total. The summed E-state index contributed by atoms with van der Waals surface area (Å²) >= 11 is 5.68. The summed E-state index contributed by atoms with van der Waals surface area (Å²) in [5.74, 6) is -0.278. The Bertz CT molecular complexity index is 1030. The lowest BCUT2D eigenvalue weighted by atomic mass is 9.95. The van der Waals surface area contributed by atoms with Crippen LogP contribution in [0, 0.1) is 5.82 Å². The van der Waals surface area contributed by atoms with Gasteiger partial charge in [-0.1, -0.05) is 37.5 Å². The topological polar surface area (TPSA) is 33.1 Å². The maximum atomic E-state index is 14.8. The van der Waals surface area contributed by atoms with Crippen LogP contribution < -0.4 is 10.2 Å². The van der Waals surface area contributed by atoms with E-state index < -0.39 is 0 Å². The number of nitrogens with zero attached hydrogens (tertiary/aromatic N) is 3. The average Bonchev–Trinajstić information content (AvgIpc) is 3.40. The quantitative estimate of drug-likeness (QED) is 0.549. The summed E-state index contributed by atoms with van der Waals surface area (Å²) in [4.78, 5) is 6.48. The third-order valence-electron chi connectivity index (χ3n) is 6.29. The number of benzene rings is 1. The van der Waals surface area contributed by atoms with E-state index in [1.165, 1.54) is 38.2 Å². The number of nitrogens with one attached hydrogen (secondary N) is 1. The molecule has 0 unspecified atom stereocenters. The molecule has 0 radical (unpaired) electrons. The predicted octanol–water partition coefficient (Wildman–Crippen LogP) is 5.70. The van der Waals surface area contributed by atoms with E-state index in [1.54, 1.807) is 18.3 Å². The first kappa shape index (κ1) is 19.2. The number of rotatable bonds is 4. The summed E-state index contributed by atoms with van der Waals surface area (Å²) in [7, 11) is 0. The highest BCUT2D eigenvalue weighted by molar-refractivity contribution is 7.80. The Morgan fingerprint density at radius 3 is 2.57 bits per heavy atom. The fraction of sp³-hybridized carbons (Fsp3) is 0.333. The minimum atomic E-state index is -0.278. The first-order chi connectivity index (χ1) is 14.7. The molecule has 3 aromatic rings. The van der Waals surface area contributed by atoms with E-state index in [2.05, 4.69) is 33.3 Å². The van der Waals surface area contributed by atoms with Crippen molar-refractivity contribution in [2.45, 2.75) is 50.2 Å². The van der Waals surface area contributed by atoms with Crippen molar-refractivity contribution in [3.63, 3.8) is 0 Å². The van der Waals surface area contributed by atoms with E-state index in [1.807, 2.05) is 29.2 Å². The molecule has 0 spiro atoms. The van der Waals surface area contributed by atoms with Crippen LogP contribution >= 0.6 is 12.2 Å². The van der Waals surface area contributed by atoms with Crippen LogP contribution in [0.1, 0.15) is 61.5 Å². The third kappa shape index (κ3) is 3.49. The molecule has 1 N–H and O–H groups in total. The normalized spacial score (nSPS) is 22.3. The van der Waals surface area contributed by atoms with E-state index >= 15 is 0 Å². The molecule has 0 bridgehead atoms. The summed E-state index contributed by atoms with van der Waals surface area (Å²) < 4.78 is 17.1. The number of para-hydroxylation sites is 1. The van der Waals surface area contributed by atoms with E-state index in [0.717, 1.165) is 11.3 Å². The fourth-order valence-electron chi connectivity index (χ4n) is 4.81. The molecule has 154 valence electrons. The van der Waals surface area contributed by atoms with Gasteiger partial charge in [0.2, 0.25) is 0 Å². The number of halogens is 1. The molecule has 6 heteroatoms. The Labute approximate surface area is 181 Å². The molecule has 2 aromatic heterocycles. The zero-order valence-corrected chi connectivity index (χ0v) is 17.6. The van der Waals surface area contributed by atoms with Gasteiger partial charge in [0.1, 0.15) is 5.82 Å². The molecule has 3 heterocycles. The number of anilines is 1. The number of aromatic nitrogens is 2. The van der Waals surface area contributed by atoms with Crippen LogP contribution in [0.15, 0.2) is 67.1 Å². The number of hydrogen-bond acceptors (Lipinski definition) is 2. The van der Waals surface area contributed by atoms with Crippen molar-refractivity contribution in [3.05, 3.63) is 84.2 Å². The molecular formula is C24H25FN4S. The second-order valence-electron chi connectivity index (χ2n) is 8.13. The second-order valence-corrected chi connectivity index (χ2v) is 8.52. The predicted molar refractivity (Wildman–Crippen MR) is 121 cm³/mol. The van der Waals surface area contributed by atoms with Gasteiger partial charge in [-0.2, -0.15) is 0 Å². The molecule has 1 aromatic carbocycles. The van der Waals surface area contributed by atoms with Crippen LogP contribution in [0.2, 0.25) is 0 Å². The van der Waals surface area contributed by atoms with Crippen LogP contribution in [0.5, 0.6) is 0 Å². The summed E-state index contributed by atoms with van der Waals surface area (Å²) in [5, 5.41) is 3.92. The number of thiocarbonyl (C=S) groups is 1. The highest BCUT2D eigenvalue weighted by atomic mass is 32.1. The largest absolute Gasteiger partial charge is 0.351 e. The third-order valence-corrected chi connectivity index (χ3v) is 6.60. The van der Waals surface area contributed by atoms with Gasteiger partial charge in [-0.3, -0.25) is 4.98 Å². The monoisotopic (exact) mass is 420 g/mol. The molecule has 1 saturated carbocycles. The standard InChI is InChI=1S/C24H25FN4S/c25-19-10-4-5-12-21(19)29-23(22(27-24(29)30)20-11-6-7-14-26-20)17-13-15-28(16-17)18-8-2-1-3-9-18/h4-7,10-16,18,22-23H,1-3,8-9H2,(H,27,30)/t22-,23+/m1/s1. The number of pyridine rings is 1. The van der Waals surface area contributed by atoms with Gasteiger partial charge < -0.3 is 14.8 Å². The van der Waals surface area contributed by atoms with Gasteiger partial charge in [0.15, 0.2) is 5.11 Å². The van der Waals surface area contributed by atoms with Crippen LogP contribution in [0.3, 0.4) is 0 Å². The Morgan fingerprint density at radius 2 is 1.80 bits per heavy atom. The van der Waals surface area contributed by atoms with Gasteiger partial charge in [0.05, 0.1) is 23.5 Å². The zero-order valence-electron chi connectivity index (χ0n) is 16.7. The SMILES string of the molecule is Fc1ccccc1N1C(=S)N[C@H](c2ccccn2)[C@@H]1c1ccn(C2CCCCC2)c1. The minimum absolute atomic E-state index is 0.152. The lowest BCUT2D eigenvalue weighted by Crippen LogP contribution is -2.30. The molecule has 1 aliphatic heterocycles. The lowest BCUT2D eigenvalue weighted by Gasteiger charge is -2.28. The molecule has 0 amide bonds. The minimum Gasteiger partial charge on any atom is -0.351 e. The van der Waals surface area contributed by atoms with E-state index in [-0.39, 0.29) is 17.9 Å². The van der Waals surface area contributed by atoms with E-state index in [9.17, 15) is 4.39 Å². The Balaban J connectivity index is 1.57. The maximum Gasteiger partial charge on any atom is 0.174 e. The van der Waals surface area contributed by atoms with Crippen molar-refractivity contribution in [1.29, 1.82) is 0 Å². The molecule has 5 rings (SSSR count). The molecule has 2 aliphatic rings. The first-order valence-electron chi connectivity index (χ1n) is 10.6. The molecule has 1 aliphatic carbocycles. The van der Waals surface area contributed by atoms with Crippen LogP contribution in [-0.2, 0) is 0 Å². The lowest BCUT2D eigenvalue weighted by molar-refractivity contribution is 0.353. The van der Waals surface area contributed by atoms with Crippen molar-refractivity contribution < 1.29 is 4.39 Å². The van der Waals surface area contributed by atoms with E-state index in [0.29, 0.717) is 16.8 Å². The number of hydrogen-bond donors (Lipinski definition) is 1. The van der Waals surface area contributed by atoms with Crippen LogP contribution in [-0.4, -0.2) is 14.7 Å². The van der Waals surface area contributed by atoms with Crippen molar-refractivity contribution in [3.8, 4) is 0 Å². The van der Waals surface area contributed by atoms with Crippen molar-refractivity contribution in [2.75, 3.05) is 4.90 Å². The summed E-state index contributed by atoms with van der Waals surface area (Å²) in [6.07, 6.45) is 12.5. The van der Waals surface area contributed by atoms with Gasteiger partial charge in [-0.05, 0) is 61.0 Å². The van der Waals surface area contributed by atoms with Gasteiger partial charge in [0, 0.05) is 24.6 Å². The Hall–Kier alpha value is -2.73. The van der Waals surface area contributed by atoms with Gasteiger partial charge >= 0.3 is 0 Å². The van der Waals surface area contributed by atoms with E-state index in [4.69, 9.17) is 12.2 Å². The Morgan fingerprint density at radius 1 is 1.00 bits per heavy atom. The van der Waals surface area contributed by atoms with Crippen molar-refractivity contribution in [2.24, 2.45) is 0 Å². The molecule has 2 fully saturated rings. The van der Waals surface area contributed by atoms with Gasteiger partial charge in [-0.15, -0.1) is 0 Å². The van der Waals surface area contributed by atoms with Crippen molar-refractivity contribution >= 4 is 23.0 Å². The van der Waals surface area contributed by atoms with Gasteiger partial charge in [-0.25, -0.2) is 4.39 Å². The Kier molecular flexibility index (Phi) is 5.25. The second kappa shape index (κ2) is 8.19. The van der Waals surface area contributed by atoms with Gasteiger partial charge in [0.25, 0.3) is 0 Å². The average molecular weight is 421 g/mol. The van der Waals surface area contributed by atoms with Crippen LogP contribution in [0.4, 0.5) is 10.1 Å². The molecular weight excluding hydrogens is 395 g/mol. The van der Waals surface area contributed by atoms with Crippen molar-refractivity contribution in [1.82, 2.24) is 14.9 Å². The smallest absolute Gasteiger partial charge is 0.174 e. The summed E-state index contributed by atoms with van der Waals surface area (Å²) in [6.45, 7) is 0. The zero-order chi connectivity index (χ0) is 20.5. The first-order valence-corrected chi connectivity index (χ1v) is 11.1. The highest BCUT2D eigenvalue weighted by Crippen LogP contribution is 2.42. The summed E-state index contributed by atoms with van der Waals surface area (Å²) in [6, 6.07) is 15.1. The molecule has 30 heavy (non-hydrogen) atoms. The molecule has 1 saturated heterocycles. The fourth-order valence-corrected chi connectivity index (χ4v) is 5.15. The van der Waals surface area contributed by atoms with Crippen LogP contribution in [0.25, 0.3) is 0 Å².